The summed E-state index contributed by atoms with van der Waals surface area (Å²) in [7, 11) is 1.39. The average Bonchev–Trinajstić information content (AvgIpc) is 1.83. The third-order valence-electron chi connectivity index (χ3n) is 0.783. The second-order valence-corrected chi connectivity index (χ2v) is 1.31. The van der Waals surface area contributed by atoms with Crippen molar-refractivity contribution in [2.24, 2.45) is 0 Å². The van der Waals surface area contributed by atoms with Gasteiger partial charge in [-0.25, -0.2) is 0 Å². The molecule has 3 nitrogen and oxygen atoms in total. The molecule has 1 unspecified atom stereocenters. The summed E-state index contributed by atoms with van der Waals surface area (Å²) in [5.74, 6) is 0. The van der Waals surface area contributed by atoms with Crippen molar-refractivity contribution in [1.29, 1.82) is 0 Å². The van der Waals surface area contributed by atoms with Crippen LogP contribution in [0.3, 0.4) is 0 Å². The second-order valence-electron chi connectivity index (χ2n) is 1.31. The second kappa shape index (κ2) is 4.46. The van der Waals surface area contributed by atoms with Crippen LogP contribution in [0, 0.1) is 0 Å². The van der Waals surface area contributed by atoms with Crippen LogP contribution in [0.15, 0.2) is 0 Å². The topological polar surface area (TPSA) is 43.4 Å². The molecule has 0 saturated carbocycles. The highest BCUT2D eigenvalue weighted by Crippen LogP contribution is 1.86. The summed E-state index contributed by atoms with van der Waals surface area (Å²) in [5.41, 5.74) is 0. The summed E-state index contributed by atoms with van der Waals surface area (Å²) in [6.07, 6.45) is 0.865. The third-order valence-corrected chi connectivity index (χ3v) is 0.783. The first-order chi connectivity index (χ1) is 3.85. The van der Waals surface area contributed by atoms with Gasteiger partial charge in [-0.1, -0.05) is 0 Å². The molecule has 46 valence electrons. The molecule has 0 aliphatic heterocycles. The summed E-state index contributed by atoms with van der Waals surface area (Å²) in [4.78, 5) is 19.5. The predicted molar refractivity (Wildman–Crippen MR) is 27.5 cm³/mol. The van der Waals surface area contributed by atoms with Gasteiger partial charge in [0.2, 0.25) is 0 Å². The molecule has 0 aliphatic carbocycles. The van der Waals surface area contributed by atoms with E-state index in [0.717, 1.165) is 0 Å². The Balaban J connectivity index is 3.35. The van der Waals surface area contributed by atoms with E-state index in [1.807, 2.05) is 0 Å². The van der Waals surface area contributed by atoms with Crippen LogP contribution in [-0.2, 0) is 14.3 Å². The molecule has 8 heavy (non-hydrogen) atoms. The van der Waals surface area contributed by atoms with Crippen molar-refractivity contribution in [2.75, 3.05) is 7.11 Å². The van der Waals surface area contributed by atoms with Gasteiger partial charge >= 0.3 is 0 Å². The van der Waals surface area contributed by atoms with Crippen molar-refractivity contribution in [3.05, 3.63) is 0 Å². The van der Waals surface area contributed by atoms with Gasteiger partial charge in [-0.15, -0.1) is 0 Å². The molecule has 0 N–H and O–H groups in total. The Morgan fingerprint density at radius 3 is 2.38 bits per heavy atom. The number of methoxy groups -OCH3 is 1. The van der Waals surface area contributed by atoms with Gasteiger partial charge < -0.3 is 14.3 Å². The highest BCUT2D eigenvalue weighted by atomic mass is 16.5. The molecular weight excluding hydrogens is 108 g/mol. The fraction of sp³-hybridized carbons (Fsp3) is 0.600. The largest absolute Gasteiger partial charge is 0.374 e. The molecule has 0 bridgehead atoms. The van der Waals surface area contributed by atoms with Crippen LogP contribution in [0.1, 0.15) is 6.42 Å². The highest BCUT2D eigenvalue weighted by molar-refractivity contribution is 5.63. The van der Waals surface area contributed by atoms with Crippen molar-refractivity contribution in [3.8, 4) is 0 Å². The number of rotatable bonds is 4. The zero-order valence-electron chi connectivity index (χ0n) is 4.66. The van der Waals surface area contributed by atoms with Crippen LogP contribution in [0.25, 0.3) is 0 Å². The normalized spacial score (nSPS) is 12.6. The number of hydrogen-bond acceptors (Lipinski definition) is 3. The van der Waals surface area contributed by atoms with E-state index in [0.29, 0.717) is 12.6 Å². The van der Waals surface area contributed by atoms with Crippen LogP contribution >= 0.6 is 0 Å². The third kappa shape index (κ3) is 2.47. The monoisotopic (exact) mass is 116 g/mol. The van der Waals surface area contributed by atoms with E-state index in [2.05, 4.69) is 4.74 Å². The fourth-order valence-electron chi connectivity index (χ4n) is 0.302. The van der Waals surface area contributed by atoms with E-state index in [4.69, 9.17) is 0 Å². The maximum absolute atomic E-state index is 9.84. The molecule has 0 fully saturated rings. The van der Waals surface area contributed by atoms with Gasteiger partial charge in [-0.05, 0) is 0 Å². The van der Waals surface area contributed by atoms with Crippen LogP contribution in [-0.4, -0.2) is 25.8 Å². The maximum Gasteiger partial charge on any atom is 0.149 e. The lowest BCUT2D eigenvalue weighted by molar-refractivity contribution is -0.120. The first-order valence-corrected chi connectivity index (χ1v) is 2.27. The lowest BCUT2D eigenvalue weighted by Gasteiger charge is -1.99. The molecule has 0 radical (unpaired) electrons. The lowest BCUT2D eigenvalue weighted by atomic mass is 10.3. The van der Waals surface area contributed by atoms with Gasteiger partial charge in [0, 0.05) is 13.5 Å². The Morgan fingerprint density at radius 1 is 1.62 bits per heavy atom. The molecule has 0 aromatic rings. The first kappa shape index (κ1) is 7.30. The van der Waals surface area contributed by atoms with E-state index in [9.17, 15) is 9.59 Å². The Morgan fingerprint density at radius 2 is 2.25 bits per heavy atom. The highest BCUT2D eigenvalue weighted by Gasteiger charge is 2.00. The van der Waals surface area contributed by atoms with E-state index in [-0.39, 0.29) is 6.42 Å². The van der Waals surface area contributed by atoms with Crippen molar-refractivity contribution >= 4 is 12.6 Å². The molecule has 1 atom stereocenters. The number of ether oxygens (including phenoxy) is 1. The van der Waals surface area contributed by atoms with Crippen LogP contribution in [0.5, 0.6) is 0 Å². The standard InChI is InChI=1S/C5H8O3/c1-8-5(4-7)2-3-6/h3-5H,2H2,1H3. The zero-order valence-corrected chi connectivity index (χ0v) is 4.66. The van der Waals surface area contributed by atoms with E-state index in [1.165, 1.54) is 7.11 Å². The predicted octanol–water partition coefficient (Wildman–Crippen LogP) is -0.211. The molecular formula is C5H8O3. The fourth-order valence-corrected chi connectivity index (χ4v) is 0.302. The Kier molecular flexibility index (Phi) is 4.07. The summed E-state index contributed by atoms with van der Waals surface area (Å²) >= 11 is 0. The van der Waals surface area contributed by atoms with Gasteiger partial charge in [-0.3, -0.25) is 0 Å². The van der Waals surface area contributed by atoms with Gasteiger partial charge in [0.05, 0.1) is 0 Å². The van der Waals surface area contributed by atoms with E-state index in [1.54, 1.807) is 0 Å². The Hall–Kier alpha value is -0.700. The van der Waals surface area contributed by atoms with Crippen molar-refractivity contribution < 1.29 is 14.3 Å². The lowest BCUT2D eigenvalue weighted by Crippen LogP contribution is -2.11. The summed E-state index contributed by atoms with van der Waals surface area (Å²) < 4.78 is 4.54. The SMILES string of the molecule is COC(C=O)CC=O. The average molecular weight is 116 g/mol. The van der Waals surface area contributed by atoms with Gasteiger partial charge in [-0.2, -0.15) is 0 Å². The van der Waals surface area contributed by atoms with Crippen LogP contribution in [0.2, 0.25) is 0 Å². The smallest absolute Gasteiger partial charge is 0.149 e. The van der Waals surface area contributed by atoms with Crippen LogP contribution in [0.4, 0.5) is 0 Å². The molecule has 0 saturated heterocycles. The number of carbonyl (C=O) groups is 2. The summed E-state index contributed by atoms with van der Waals surface area (Å²) in [6, 6.07) is 0. The Labute approximate surface area is 47.6 Å². The summed E-state index contributed by atoms with van der Waals surface area (Å²) in [6.45, 7) is 0. The van der Waals surface area contributed by atoms with Crippen LogP contribution < -0.4 is 0 Å². The Bertz CT molecular complexity index is 79.7. The molecule has 0 rings (SSSR count). The molecule has 0 heterocycles. The molecule has 0 aromatic carbocycles. The molecule has 0 aromatic heterocycles. The van der Waals surface area contributed by atoms with Gasteiger partial charge in [0.15, 0.2) is 0 Å². The molecule has 0 spiro atoms. The van der Waals surface area contributed by atoms with Crippen molar-refractivity contribution in [2.45, 2.75) is 12.5 Å². The molecule has 0 amide bonds. The number of aldehydes is 2. The van der Waals surface area contributed by atoms with Gasteiger partial charge in [0.25, 0.3) is 0 Å². The minimum atomic E-state index is -0.549. The summed E-state index contributed by atoms with van der Waals surface area (Å²) in [5, 5.41) is 0. The van der Waals surface area contributed by atoms with E-state index >= 15 is 0 Å². The van der Waals surface area contributed by atoms with Crippen molar-refractivity contribution in [1.82, 2.24) is 0 Å². The zero-order chi connectivity index (χ0) is 6.41. The first-order valence-electron chi connectivity index (χ1n) is 2.27. The molecule has 3 heteroatoms. The van der Waals surface area contributed by atoms with E-state index < -0.39 is 6.10 Å². The molecule has 0 aliphatic rings. The number of carbonyl (C=O) groups excluding carboxylic acids is 2. The minimum Gasteiger partial charge on any atom is -0.374 e. The number of hydrogen-bond donors (Lipinski definition) is 0. The quantitative estimate of drug-likeness (QED) is 0.477. The maximum atomic E-state index is 9.84. The minimum absolute atomic E-state index is 0.153. The van der Waals surface area contributed by atoms with Crippen molar-refractivity contribution in [3.63, 3.8) is 0 Å². The van der Waals surface area contributed by atoms with Gasteiger partial charge in [0.1, 0.15) is 18.7 Å².